The lowest BCUT2D eigenvalue weighted by Crippen LogP contribution is -2.47. The molecular formula is C28H53F4. The molecule has 0 aromatic heterocycles. The first-order valence-corrected chi connectivity index (χ1v) is 13.8. The van der Waals surface area contributed by atoms with Crippen LogP contribution in [0.25, 0.3) is 0 Å². The number of alkyl halides is 4. The van der Waals surface area contributed by atoms with Crippen molar-refractivity contribution in [3.63, 3.8) is 0 Å². The Kier molecular flexibility index (Phi) is 21.1. The van der Waals surface area contributed by atoms with Crippen molar-refractivity contribution in [2.24, 2.45) is 5.41 Å². The summed E-state index contributed by atoms with van der Waals surface area (Å²) < 4.78 is 59.3. The number of unbranched alkanes of at least 4 members (excludes halogenated alkanes) is 15. The Hall–Kier alpha value is -0.280. The van der Waals surface area contributed by atoms with Crippen LogP contribution < -0.4 is 0 Å². The van der Waals surface area contributed by atoms with Crippen molar-refractivity contribution in [1.29, 1.82) is 0 Å². The van der Waals surface area contributed by atoms with Crippen LogP contribution in [0.15, 0.2) is 0 Å². The molecule has 32 heavy (non-hydrogen) atoms. The molecule has 0 rings (SSSR count). The van der Waals surface area contributed by atoms with E-state index in [1.165, 1.54) is 38.5 Å². The van der Waals surface area contributed by atoms with Crippen molar-refractivity contribution in [2.45, 2.75) is 167 Å². The highest BCUT2D eigenvalue weighted by molar-refractivity contribution is 4.95. The van der Waals surface area contributed by atoms with Gasteiger partial charge in [0.15, 0.2) is 0 Å². The Labute approximate surface area is 197 Å². The summed E-state index contributed by atoms with van der Waals surface area (Å²) in [5, 5.41) is 0. The predicted octanol–water partition coefficient (Wildman–Crippen LogP) is 11.0. The van der Waals surface area contributed by atoms with Crippen LogP contribution >= 0.6 is 0 Å². The first kappa shape index (κ1) is 31.7. The van der Waals surface area contributed by atoms with Crippen LogP contribution in [0.4, 0.5) is 17.6 Å². The zero-order valence-electron chi connectivity index (χ0n) is 21.3. The molecule has 0 aliphatic carbocycles. The molecular weight excluding hydrogens is 412 g/mol. The van der Waals surface area contributed by atoms with Gasteiger partial charge in [-0.25, -0.2) is 17.6 Å². The molecule has 0 aliphatic rings. The molecule has 1 radical (unpaired) electrons. The third-order valence-electron chi connectivity index (χ3n) is 7.05. The molecule has 0 aliphatic heterocycles. The molecule has 0 spiro atoms. The highest BCUT2D eigenvalue weighted by Crippen LogP contribution is 2.46. The van der Waals surface area contributed by atoms with Gasteiger partial charge in [0.05, 0.1) is 5.41 Å². The van der Waals surface area contributed by atoms with Crippen LogP contribution in [0.1, 0.15) is 149 Å². The molecule has 0 aromatic rings. The van der Waals surface area contributed by atoms with Crippen LogP contribution in [-0.2, 0) is 0 Å². The summed E-state index contributed by atoms with van der Waals surface area (Å²) in [7, 11) is 0. The molecule has 0 saturated carbocycles. The van der Waals surface area contributed by atoms with Crippen molar-refractivity contribution in [3.05, 3.63) is 6.92 Å². The number of hydrogen-bond donors (Lipinski definition) is 0. The van der Waals surface area contributed by atoms with Crippen molar-refractivity contribution in [2.75, 3.05) is 0 Å². The van der Waals surface area contributed by atoms with Gasteiger partial charge in [0.2, 0.25) is 6.43 Å². The fraction of sp³-hybridized carbons (Fsp3) is 0.964. The Morgan fingerprint density at radius 2 is 0.906 bits per heavy atom. The highest BCUT2D eigenvalue weighted by atomic mass is 19.3. The van der Waals surface area contributed by atoms with Crippen molar-refractivity contribution < 1.29 is 17.6 Å². The van der Waals surface area contributed by atoms with Crippen LogP contribution in [0.5, 0.6) is 0 Å². The summed E-state index contributed by atoms with van der Waals surface area (Å²) in [4.78, 5) is 0. The van der Waals surface area contributed by atoms with Gasteiger partial charge in [0.1, 0.15) is 12.3 Å². The Morgan fingerprint density at radius 1 is 0.531 bits per heavy atom. The quantitative estimate of drug-likeness (QED) is 0.0982. The van der Waals surface area contributed by atoms with Gasteiger partial charge < -0.3 is 0 Å². The largest absolute Gasteiger partial charge is 0.249 e. The molecule has 2 unspecified atom stereocenters. The van der Waals surface area contributed by atoms with E-state index >= 15 is 8.78 Å². The third-order valence-corrected chi connectivity index (χ3v) is 7.05. The van der Waals surface area contributed by atoms with E-state index in [0.717, 1.165) is 51.4 Å². The molecule has 193 valence electrons. The van der Waals surface area contributed by atoms with E-state index in [4.69, 9.17) is 0 Å². The number of rotatable bonds is 24. The lowest BCUT2D eigenvalue weighted by molar-refractivity contribution is -0.118. The standard InChI is InChI=1S/C28H53F4/c1-4-7-10-13-15-17-19-22-25(29)28(27(31)32,24-21-12-9-6-3)26(30)23-20-18-16-14-11-8-5-2/h25-27H,3-24H2,1-2H3. The van der Waals surface area contributed by atoms with Crippen molar-refractivity contribution >= 4 is 0 Å². The first-order chi connectivity index (χ1) is 15.5. The molecule has 4 heteroatoms. The van der Waals surface area contributed by atoms with Crippen LogP contribution in [-0.4, -0.2) is 18.8 Å². The summed E-state index contributed by atoms with van der Waals surface area (Å²) >= 11 is 0. The molecule has 0 saturated heterocycles. The normalized spacial score (nSPS) is 15.8. The number of hydrogen-bond acceptors (Lipinski definition) is 0. The fourth-order valence-electron chi connectivity index (χ4n) is 4.78. The molecule has 0 amide bonds. The smallest absolute Gasteiger partial charge is 0.247 e. The second-order valence-corrected chi connectivity index (χ2v) is 9.83. The Balaban J connectivity index is 4.80. The van der Waals surface area contributed by atoms with E-state index in [9.17, 15) is 8.78 Å². The van der Waals surface area contributed by atoms with E-state index in [2.05, 4.69) is 20.8 Å². The molecule has 0 nitrogen and oxygen atoms in total. The maximum atomic E-state index is 15.3. The average molecular weight is 466 g/mol. The minimum absolute atomic E-state index is 0.0556. The summed E-state index contributed by atoms with van der Waals surface area (Å²) in [5.41, 5.74) is -2.13. The third kappa shape index (κ3) is 13.4. The maximum absolute atomic E-state index is 15.3. The van der Waals surface area contributed by atoms with Gasteiger partial charge in [-0.2, -0.15) is 0 Å². The van der Waals surface area contributed by atoms with Gasteiger partial charge in [-0.3, -0.25) is 0 Å². The monoisotopic (exact) mass is 465 g/mol. The highest BCUT2D eigenvalue weighted by Gasteiger charge is 2.52. The van der Waals surface area contributed by atoms with E-state index in [1.807, 2.05) is 0 Å². The second kappa shape index (κ2) is 21.3. The fourth-order valence-corrected chi connectivity index (χ4v) is 4.78. The topological polar surface area (TPSA) is 0 Å². The molecule has 0 fully saturated rings. The minimum Gasteiger partial charge on any atom is -0.247 e. The first-order valence-electron chi connectivity index (χ1n) is 13.8. The predicted molar refractivity (Wildman–Crippen MR) is 132 cm³/mol. The van der Waals surface area contributed by atoms with Crippen LogP contribution in [0.3, 0.4) is 0 Å². The molecule has 2 atom stereocenters. The van der Waals surface area contributed by atoms with Crippen LogP contribution in [0.2, 0.25) is 0 Å². The zero-order valence-corrected chi connectivity index (χ0v) is 21.3. The maximum Gasteiger partial charge on any atom is 0.249 e. The van der Waals surface area contributed by atoms with E-state index < -0.39 is 24.2 Å². The summed E-state index contributed by atoms with van der Waals surface area (Å²) in [6.45, 7) is 8.10. The summed E-state index contributed by atoms with van der Waals surface area (Å²) in [5.74, 6) is 0. The number of halogens is 4. The van der Waals surface area contributed by atoms with Gasteiger partial charge in [-0.05, 0) is 19.3 Å². The van der Waals surface area contributed by atoms with Gasteiger partial charge in [-0.15, -0.1) is 0 Å². The molecule has 0 N–H and O–H groups in total. The molecule has 0 heterocycles. The lowest BCUT2D eigenvalue weighted by atomic mass is 9.71. The van der Waals surface area contributed by atoms with Crippen molar-refractivity contribution in [1.82, 2.24) is 0 Å². The van der Waals surface area contributed by atoms with Gasteiger partial charge in [0.25, 0.3) is 0 Å². The average Bonchev–Trinajstić information content (AvgIpc) is 2.77. The molecule has 0 aromatic carbocycles. The van der Waals surface area contributed by atoms with E-state index in [0.29, 0.717) is 25.7 Å². The SMILES string of the molecule is [CH2]CCCCCC(C(F)F)(C(F)CCCCCCCCC)C(F)CCCCCCCCC. The minimum atomic E-state index is -2.96. The summed E-state index contributed by atoms with van der Waals surface area (Å²) in [6.07, 6.45) is 10.5. The summed E-state index contributed by atoms with van der Waals surface area (Å²) in [6, 6.07) is 0. The Morgan fingerprint density at radius 3 is 1.28 bits per heavy atom. The van der Waals surface area contributed by atoms with Gasteiger partial charge in [-0.1, -0.05) is 136 Å². The second-order valence-electron chi connectivity index (χ2n) is 9.83. The van der Waals surface area contributed by atoms with Gasteiger partial charge in [0, 0.05) is 0 Å². The van der Waals surface area contributed by atoms with Crippen molar-refractivity contribution in [3.8, 4) is 0 Å². The zero-order chi connectivity index (χ0) is 24.1. The Bertz CT molecular complexity index is 362. The van der Waals surface area contributed by atoms with E-state index in [-0.39, 0.29) is 19.3 Å². The molecule has 0 bridgehead atoms. The lowest BCUT2D eigenvalue weighted by Gasteiger charge is -2.39. The van der Waals surface area contributed by atoms with E-state index in [1.54, 1.807) is 0 Å². The van der Waals surface area contributed by atoms with Crippen LogP contribution in [0, 0.1) is 12.3 Å². The van der Waals surface area contributed by atoms with Gasteiger partial charge >= 0.3 is 0 Å².